The smallest absolute Gasteiger partial charge is 0.203 e. The molecule has 1 aliphatic rings. The van der Waals surface area contributed by atoms with E-state index in [-0.39, 0.29) is 11.2 Å². The third-order valence-corrected chi connectivity index (χ3v) is 2.10. The number of hydrogen-bond acceptors (Lipinski definition) is 2. The van der Waals surface area contributed by atoms with Crippen LogP contribution in [0.1, 0.15) is 12.8 Å². The third-order valence-electron chi connectivity index (χ3n) is 1.81. The maximum atomic E-state index is 10.7. The first-order chi connectivity index (χ1) is 4.22. The van der Waals surface area contributed by atoms with Crippen molar-refractivity contribution in [1.29, 1.82) is 0 Å². The van der Waals surface area contributed by atoms with Crippen LogP contribution in [0.3, 0.4) is 0 Å². The molecular formula is C6H11NOS. The highest BCUT2D eigenvalue weighted by Crippen LogP contribution is 2.16. The number of hydrogen-bond donors (Lipinski definition) is 1. The summed E-state index contributed by atoms with van der Waals surface area (Å²) in [7, 11) is 1.96. The van der Waals surface area contributed by atoms with E-state index < -0.39 is 0 Å². The molecule has 0 aromatic carbocycles. The second-order valence-corrected chi connectivity index (χ2v) is 2.92. The molecule has 3 heteroatoms. The fourth-order valence-corrected chi connectivity index (χ4v) is 1.55. The van der Waals surface area contributed by atoms with Crippen molar-refractivity contribution in [3.63, 3.8) is 0 Å². The second-order valence-electron chi connectivity index (χ2n) is 2.48. The van der Waals surface area contributed by atoms with E-state index >= 15 is 0 Å². The Morgan fingerprint density at radius 3 is 2.67 bits per heavy atom. The first-order valence-corrected chi connectivity index (χ1v) is 3.59. The Morgan fingerprint density at radius 2 is 2.44 bits per heavy atom. The van der Waals surface area contributed by atoms with Crippen LogP contribution in [0.4, 0.5) is 0 Å². The van der Waals surface area contributed by atoms with Crippen molar-refractivity contribution in [2.45, 2.75) is 18.9 Å². The highest BCUT2D eigenvalue weighted by Gasteiger charge is 2.24. The third kappa shape index (κ3) is 1.46. The molecule has 9 heavy (non-hydrogen) atoms. The monoisotopic (exact) mass is 145 g/mol. The molecule has 1 rings (SSSR count). The summed E-state index contributed by atoms with van der Waals surface area (Å²) >= 11 is 3.77. The van der Waals surface area contributed by atoms with E-state index in [2.05, 4.69) is 17.5 Å². The molecule has 2 nitrogen and oxygen atoms in total. The highest BCUT2D eigenvalue weighted by molar-refractivity contribution is 7.96. The molecule has 0 unspecified atom stereocenters. The molecule has 1 fully saturated rings. The van der Waals surface area contributed by atoms with Gasteiger partial charge in [-0.1, -0.05) is 0 Å². The van der Waals surface area contributed by atoms with E-state index in [9.17, 15) is 4.79 Å². The lowest BCUT2D eigenvalue weighted by atomic mass is 10.2. The van der Waals surface area contributed by atoms with Gasteiger partial charge in [-0.3, -0.25) is 9.69 Å². The molecule has 0 radical (unpaired) electrons. The number of carbonyl (C=O) groups excluding carboxylic acids is 1. The molecule has 0 N–H and O–H groups in total. The van der Waals surface area contributed by atoms with Gasteiger partial charge in [-0.25, -0.2) is 0 Å². The van der Waals surface area contributed by atoms with Gasteiger partial charge in [-0.2, -0.15) is 0 Å². The predicted octanol–water partition coefficient (Wildman–Crippen LogP) is 0.537. The Bertz CT molecular complexity index is 126. The molecule has 0 spiro atoms. The average molecular weight is 145 g/mol. The zero-order valence-corrected chi connectivity index (χ0v) is 6.40. The van der Waals surface area contributed by atoms with Gasteiger partial charge in [0.2, 0.25) is 5.12 Å². The minimum Gasteiger partial charge on any atom is -0.296 e. The van der Waals surface area contributed by atoms with Gasteiger partial charge < -0.3 is 0 Å². The first-order valence-electron chi connectivity index (χ1n) is 3.15. The first kappa shape index (κ1) is 7.09. The predicted molar refractivity (Wildman–Crippen MR) is 39.6 cm³/mol. The summed E-state index contributed by atoms with van der Waals surface area (Å²) < 4.78 is 0. The lowest BCUT2D eigenvalue weighted by Crippen LogP contribution is -2.29. The molecule has 0 aromatic heterocycles. The molecule has 1 heterocycles. The summed E-state index contributed by atoms with van der Waals surface area (Å²) in [4.78, 5) is 12.7. The Labute approximate surface area is 60.6 Å². The van der Waals surface area contributed by atoms with Crippen LogP contribution in [0.2, 0.25) is 0 Å². The summed E-state index contributed by atoms with van der Waals surface area (Å²) in [5.41, 5.74) is 0. The summed E-state index contributed by atoms with van der Waals surface area (Å²) in [5, 5.41) is 0.00926. The van der Waals surface area contributed by atoms with Crippen LogP contribution in [-0.2, 0) is 4.79 Å². The fraction of sp³-hybridized carbons (Fsp3) is 0.833. The quantitative estimate of drug-likeness (QED) is 0.543. The van der Waals surface area contributed by atoms with Crippen molar-refractivity contribution in [3.8, 4) is 0 Å². The zero-order valence-electron chi connectivity index (χ0n) is 5.50. The van der Waals surface area contributed by atoms with Crippen LogP contribution >= 0.6 is 12.6 Å². The maximum Gasteiger partial charge on any atom is 0.203 e. The molecule has 0 aromatic rings. The van der Waals surface area contributed by atoms with Crippen LogP contribution in [0.15, 0.2) is 0 Å². The normalized spacial score (nSPS) is 28.9. The fourth-order valence-electron chi connectivity index (χ4n) is 1.22. The van der Waals surface area contributed by atoms with Gasteiger partial charge in [0.15, 0.2) is 0 Å². The molecule has 0 aliphatic carbocycles. The zero-order chi connectivity index (χ0) is 6.85. The molecule has 1 atom stereocenters. The van der Waals surface area contributed by atoms with Gasteiger partial charge in [0.1, 0.15) is 0 Å². The SMILES string of the molecule is CN1CCC[C@H]1C(=O)S. The lowest BCUT2D eigenvalue weighted by molar-refractivity contribution is -0.114. The average Bonchev–Trinajstić information content (AvgIpc) is 2.13. The molecule has 52 valence electrons. The second kappa shape index (κ2) is 2.71. The van der Waals surface area contributed by atoms with Gasteiger partial charge in [-0.15, -0.1) is 12.6 Å². The topological polar surface area (TPSA) is 20.3 Å². The summed E-state index contributed by atoms with van der Waals surface area (Å²) in [5.74, 6) is 0. The van der Waals surface area contributed by atoms with Crippen LogP contribution < -0.4 is 0 Å². The summed E-state index contributed by atoms with van der Waals surface area (Å²) in [6, 6.07) is 0.0910. The summed E-state index contributed by atoms with van der Waals surface area (Å²) in [6.07, 6.45) is 2.12. The lowest BCUT2D eigenvalue weighted by Gasteiger charge is -2.14. The minimum atomic E-state index is 0.00926. The van der Waals surface area contributed by atoms with E-state index in [4.69, 9.17) is 0 Å². The van der Waals surface area contributed by atoms with Gasteiger partial charge in [0, 0.05) is 0 Å². The van der Waals surface area contributed by atoms with Crippen molar-refractivity contribution in [3.05, 3.63) is 0 Å². The Hall–Kier alpha value is -0.0200. The molecule has 1 aliphatic heterocycles. The molecule has 0 amide bonds. The number of rotatable bonds is 1. The number of carbonyl (C=O) groups is 1. The van der Waals surface area contributed by atoms with Gasteiger partial charge in [0.05, 0.1) is 6.04 Å². The number of thiol groups is 1. The van der Waals surface area contributed by atoms with E-state index in [0.717, 1.165) is 19.4 Å². The Morgan fingerprint density at radius 1 is 1.78 bits per heavy atom. The molecule has 0 bridgehead atoms. The van der Waals surface area contributed by atoms with Crippen LogP contribution in [0, 0.1) is 0 Å². The van der Waals surface area contributed by atoms with Crippen molar-refractivity contribution in [2.75, 3.05) is 13.6 Å². The van der Waals surface area contributed by atoms with Crippen LogP contribution in [0.5, 0.6) is 0 Å². The number of likely N-dealkylation sites (N-methyl/N-ethyl adjacent to an activating group) is 1. The number of nitrogens with zero attached hydrogens (tertiary/aromatic N) is 1. The Balaban J connectivity index is 2.49. The van der Waals surface area contributed by atoms with Crippen molar-refractivity contribution >= 4 is 17.7 Å². The van der Waals surface area contributed by atoms with E-state index in [1.165, 1.54) is 0 Å². The molecular weight excluding hydrogens is 134 g/mol. The highest BCUT2D eigenvalue weighted by atomic mass is 32.1. The van der Waals surface area contributed by atoms with E-state index in [1.807, 2.05) is 7.05 Å². The number of likely N-dealkylation sites (tertiary alicyclic amines) is 1. The van der Waals surface area contributed by atoms with E-state index in [0.29, 0.717) is 0 Å². The van der Waals surface area contributed by atoms with Crippen LogP contribution in [-0.4, -0.2) is 29.6 Å². The van der Waals surface area contributed by atoms with Gasteiger partial charge >= 0.3 is 0 Å². The summed E-state index contributed by atoms with van der Waals surface area (Å²) in [6.45, 7) is 1.04. The minimum absolute atomic E-state index is 0.00926. The van der Waals surface area contributed by atoms with Crippen LogP contribution in [0.25, 0.3) is 0 Å². The standard InChI is InChI=1S/C6H11NOS/c1-7-4-2-3-5(7)6(8)9/h5H,2-4H2,1H3,(H,8,9)/t5-/m0/s1. The van der Waals surface area contributed by atoms with Gasteiger partial charge in [0.25, 0.3) is 0 Å². The molecule has 1 saturated heterocycles. The largest absolute Gasteiger partial charge is 0.296 e. The maximum absolute atomic E-state index is 10.7. The van der Waals surface area contributed by atoms with E-state index in [1.54, 1.807) is 0 Å². The van der Waals surface area contributed by atoms with Gasteiger partial charge in [-0.05, 0) is 26.4 Å². The van der Waals surface area contributed by atoms with Crippen molar-refractivity contribution in [2.24, 2.45) is 0 Å². The molecule has 0 saturated carbocycles. The van der Waals surface area contributed by atoms with Crippen molar-refractivity contribution in [1.82, 2.24) is 4.90 Å². The Kier molecular flexibility index (Phi) is 2.13. The van der Waals surface area contributed by atoms with Crippen molar-refractivity contribution < 1.29 is 4.79 Å².